The normalized spacial score (nSPS) is 10.5. The van der Waals surface area contributed by atoms with E-state index in [-0.39, 0.29) is 18.3 Å². The van der Waals surface area contributed by atoms with Crippen molar-refractivity contribution in [3.8, 4) is 5.75 Å². The molecule has 0 aliphatic heterocycles. The number of aryl methyl sites for hydroxylation is 1. The number of anilines is 1. The minimum atomic E-state index is -0.349. The van der Waals surface area contributed by atoms with E-state index in [1.165, 1.54) is 4.68 Å². The third-order valence-corrected chi connectivity index (χ3v) is 4.10. The highest BCUT2D eigenvalue weighted by Gasteiger charge is 2.11. The summed E-state index contributed by atoms with van der Waals surface area (Å²) in [5.74, 6) is 0.568. The predicted octanol–water partition coefficient (Wildman–Crippen LogP) is 4.18. The van der Waals surface area contributed by atoms with Crippen molar-refractivity contribution in [3.63, 3.8) is 0 Å². The number of nitrogens with zero attached hydrogens (tertiary/aromatic N) is 3. The van der Waals surface area contributed by atoms with Crippen molar-refractivity contribution >= 4 is 34.9 Å². The van der Waals surface area contributed by atoms with Gasteiger partial charge in [-0.25, -0.2) is 9.67 Å². The number of hydrogen-bond donors (Lipinski definition) is 1. The maximum absolute atomic E-state index is 12.2. The molecule has 2 aromatic heterocycles. The van der Waals surface area contributed by atoms with Crippen LogP contribution >= 0.6 is 23.2 Å². The summed E-state index contributed by atoms with van der Waals surface area (Å²) in [5, 5.41) is 7.61. The molecule has 1 amide bonds. The van der Waals surface area contributed by atoms with Crippen LogP contribution in [0.5, 0.6) is 5.75 Å². The number of ether oxygens (including phenoxy) is 1. The molecule has 0 saturated heterocycles. The zero-order valence-corrected chi connectivity index (χ0v) is 14.8. The average Bonchev–Trinajstić information content (AvgIpc) is 3.05. The first-order valence-corrected chi connectivity index (χ1v) is 8.13. The molecule has 2 heterocycles. The van der Waals surface area contributed by atoms with Crippen LogP contribution in [0.3, 0.4) is 0 Å². The SMILES string of the molecule is Cc1ccnc(NC(=O)c2ccn(COc3cccc(Cl)c3Cl)n2)c1. The highest BCUT2D eigenvalue weighted by Crippen LogP contribution is 2.31. The van der Waals surface area contributed by atoms with Gasteiger partial charge in [-0.1, -0.05) is 29.3 Å². The lowest BCUT2D eigenvalue weighted by molar-refractivity contribution is 0.102. The third-order valence-electron chi connectivity index (χ3n) is 3.30. The molecule has 6 nitrogen and oxygen atoms in total. The first kappa shape index (κ1) is 17.3. The van der Waals surface area contributed by atoms with Crippen LogP contribution in [-0.2, 0) is 6.73 Å². The molecule has 25 heavy (non-hydrogen) atoms. The summed E-state index contributed by atoms with van der Waals surface area (Å²) in [7, 11) is 0. The van der Waals surface area contributed by atoms with Gasteiger partial charge in [0.05, 0.1) is 5.02 Å². The second kappa shape index (κ2) is 7.55. The first-order valence-electron chi connectivity index (χ1n) is 7.37. The van der Waals surface area contributed by atoms with Crippen molar-refractivity contribution in [1.82, 2.24) is 14.8 Å². The Hall–Kier alpha value is -2.57. The Balaban J connectivity index is 1.64. The molecule has 1 aromatic carbocycles. The van der Waals surface area contributed by atoms with Crippen LogP contribution < -0.4 is 10.1 Å². The topological polar surface area (TPSA) is 69.0 Å². The van der Waals surface area contributed by atoms with E-state index in [9.17, 15) is 4.79 Å². The summed E-state index contributed by atoms with van der Waals surface area (Å²) < 4.78 is 7.05. The summed E-state index contributed by atoms with van der Waals surface area (Å²) in [4.78, 5) is 16.3. The fourth-order valence-corrected chi connectivity index (χ4v) is 2.42. The Morgan fingerprint density at radius 3 is 2.92 bits per heavy atom. The van der Waals surface area contributed by atoms with Crippen LogP contribution in [0.4, 0.5) is 5.82 Å². The number of nitrogens with one attached hydrogen (secondary N) is 1. The zero-order valence-electron chi connectivity index (χ0n) is 13.2. The molecule has 128 valence electrons. The van der Waals surface area contributed by atoms with Crippen molar-refractivity contribution in [2.45, 2.75) is 13.7 Å². The molecular weight excluding hydrogens is 363 g/mol. The first-order chi connectivity index (χ1) is 12.0. The Labute approximate surface area is 154 Å². The van der Waals surface area contributed by atoms with Crippen LogP contribution in [0, 0.1) is 6.92 Å². The molecule has 0 aliphatic carbocycles. The zero-order chi connectivity index (χ0) is 17.8. The summed E-state index contributed by atoms with van der Waals surface area (Å²) in [6, 6.07) is 10.3. The molecule has 3 rings (SSSR count). The van der Waals surface area contributed by atoms with E-state index in [0.29, 0.717) is 21.6 Å². The number of aromatic nitrogens is 3. The number of carbonyl (C=O) groups excluding carboxylic acids is 1. The number of carbonyl (C=O) groups is 1. The van der Waals surface area contributed by atoms with Gasteiger partial charge in [-0.2, -0.15) is 5.10 Å². The maximum Gasteiger partial charge on any atom is 0.277 e. The third kappa shape index (κ3) is 4.29. The van der Waals surface area contributed by atoms with E-state index in [0.717, 1.165) is 5.56 Å². The average molecular weight is 377 g/mol. The molecule has 8 heteroatoms. The second-order valence-electron chi connectivity index (χ2n) is 5.24. The van der Waals surface area contributed by atoms with E-state index in [2.05, 4.69) is 15.4 Å². The molecule has 0 atom stereocenters. The molecule has 0 aliphatic rings. The fourth-order valence-electron chi connectivity index (χ4n) is 2.07. The molecule has 0 radical (unpaired) electrons. The standard InChI is InChI=1S/C17H14Cl2N4O2/c1-11-5-7-20-15(9-11)21-17(24)13-6-8-23(22-13)10-25-14-4-2-3-12(18)16(14)19/h2-9H,10H2,1H3,(H,20,21,24). The van der Waals surface area contributed by atoms with Gasteiger partial charge in [-0.3, -0.25) is 4.79 Å². The number of pyridine rings is 1. The number of halogens is 2. The van der Waals surface area contributed by atoms with Crippen molar-refractivity contribution in [2.75, 3.05) is 5.32 Å². The van der Waals surface area contributed by atoms with Gasteiger partial charge >= 0.3 is 0 Å². The molecule has 1 N–H and O–H groups in total. The Morgan fingerprint density at radius 2 is 2.12 bits per heavy atom. The van der Waals surface area contributed by atoms with Gasteiger partial charge in [0.25, 0.3) is 5.91 Å². The van der Waals surface area contributed by atoms with Gasteiger partial charge in [0, 0.05) is 12.4 Å². The highest BCUT2D eigenvalue weighted by atomic mass is 35.5. The van der Waals surface area contributed by atoms with Crippen LogP contribution in [-0.4, -0.2) is 20.7 Å². The summed E-state index contributed by atoms with van der Waals surface area (Å²) in [6.45, 7) is 2.01. The molecule has 0 unspecified atom stereocenters. The number of rotatable bonds is 5. The van der Waals surface area contributed by atoms with Crippen molar-refractivity contribution < 1.29 is 9.53 Å². The van der Waals surface area contributed by atoms with E-state index in [1.807, 2.05) is 13.0 Å². The molecule has 0 bridgehead atoms. The monoisotopic (exact) mass is 376 g/mol. The molecule has 0 spiro atoms. The number of hydrogen-bond acceptors (Lipinski definition) is 4. The fraction of sp³-hybridized carbons (Fsp3) is 0.118. The quantitative estimate of drug-likeness (QED) is 0.724. The summed E-state index contributed by atoms with van der Waals surface area (Å²) in [6.07, 6.45) is 3.27. The van der Waals surface area contributed by atoms with Gasteiger partial charge in [0.1, 0.15) is 16.6 Å². The summed E-state index contributed by atoms with van der Waals surface area (Å²) in [5.41, 5.74) is 1.26. The van der Waals surface area contributed by atoms with Gasteiger partial charge < -0.3 is 10.1 Å². The Kier molecular flexibility index (Phi) is 5.21. The van der Waals surface area contributed by atoms with Crippen LogP contribution in [0.2, 0.25) is 10.0 Å². The smallest absolute Gasteiger partial charge is 0.277 e. The number of benzene rings is 1. The van der Waals surface area contributed by atoms with E-state index in [4.69, 9.17) is 27.9 Å². The summed E-state index contributed by atoms with van der Waals surface area (Å²) >= 11 is 12.0. The van der Waals surface area contributed by atoms with Crippen molar-refractivity contribution in [1.29, 1.82) is 0 Å². The maximum atomic E-state index is 12.2. The van der Waals surface area contributed by atoms with Crippen LogP contribution in [0.1, 0.15) is 16.1 Å². The lowest BCUT2D eigenvalue weighted by Crippen LogP contribution is -2.15. The van der Waals surface area contributed by atoms with Crippen molar-refractivity contribution in [2.24, 2.45) is 0 Å². The highest BCUT2D eigenvalue weighted by molar-refractivity contribution is 6.42. The lowest BCUT2D eigenvalue weighted by atomic mass is 10.3. The number of amides is 1. The minimum Gasteiger partial charge on any atom is -0.470 e. The molecule has 0 fully saturated rings. The van der Waals surface area contributed by atoms with Crippen LogP contribution in [0.15, 0.2) is 48.8 Å². The predicted molar refractivity (Wildman–Crippen MR) is 96.2 cm³/mol. The van der Waals surface area contributed by atoms with Crippen molar-refractivity contribution in [3.05, 3.63) is 70.1 Å². The van der Waals surface area contributed by atoms with E-state index in [1.54, 1.807) is 42.7 Å². The van der Waals surface area contributed by atoms with Crippen LogP contribution in [0.25, 0.3) is 0 Å². The van der Waals surface area contributed by atoms with Gasteiger partial charge in [0.2, 0.25) is 0 Å². The van der Waals surface area contributed by atoms with E-state index >= 15 is 0 Å². The van der Waals surface area contributed by atoms with Gasteiger partial charge in [0.15, 0.2) is 12.4 Å². The second-order valence-corrected chi connectivity index (χ2v) is 6.02. The van der Waals surface area contributed by atoms with Gasteiger partial charge in [-0.05, 0) is 42.8 Å². The molecular formula is C17H14Cl2N4O2. The minimum absolute atomic E-state index is 0.0933. The molecule has 3 aromatic rings. The lowest BCUT2D eigenvalue weighted by Gasteiger charge is -2.08. The Morgan fingerprint density at radius 1 is 1.28 bits per heavy atom. The van der Waals surface area contributed by atoms with Gasteiger partial charge in [-0.15, -0.1) is 0 Å². The molecule has 0 saturated carbocycles. The Bertz CT molecular complexity index is 911. The van der Waals surface area contributed by atoms with E-state index < -0.39 is 0 Å². The largest absolute Gasteiger partial charge is 0.470 e.